The summed E-state index contributed by atoms with van der Waals surface area (Å²) in [5.74, 6) is 0.701. The number of ether oxygens (including phenoxy) is 1. The lowest BCUT2D eigenvalue weighted by Gasteiger charge is -2.00. The molecular formula is C14H12N2O3. The van der Waals surface area contributed by atoms with Gasteiger partial charge in [-0.05, 0) is 42.5 Å². The molecule has 0 aliphatic rings. The second-order valence-electron chi connectivity index (χ2n) is 3.76. The van der Waals surface area contributed by atoms with Crippen LogP contribution in [0.2, 0.25) is 0 Å². The highest BCUT2D eigenvalue weighted by Crippen LogP contribution is 2.29. The van der Waals surface area contributed by atoms with Gasteiger partial charge in [0.2, 0.25) is 0 Å². The van der Waals surface area contributed by atoms with Crippen LogP contribution in [-0.2, 0) is 0 Å². The minimum atomic E-state index is -0.0251. The predicted molar refractivity (Wildman–Crippen MR) is 70.7 cm³/mol. The summed E-state index contributed by atoms with van der Waals surface area (Å²) in [6.45, 7) is 0. The van der Waals surface area contributed by atoms with E-state index in [1.165, 1.54) is 18.2 Å². The lowest BCUT2D eigenvalue weighted by Crippen LogP contribution is -1.80. The molecule has 0 saturated heterocycles. The minimum absolute atomic E-state index is 0.0251. The number of phenols is 1. The minimum Gasteiger partial charge on any atom is -0.506 e. The van der Waals surface area contributed by atoms with Crippen molar-refractivity contribution in [1.82, 2.24) is 0 Å². The molecule has 0 fully saturated rings. The Morgan fingerprint density at radius 1 is 1.11 bits per heavy atom. The van der Waals surface area contributed by atoms with E-state index in [0.717, 1.165) is 5.75 Å². The summed E-state index contributed by atoms with van der Waals surface area (Å²) in [6, 6.07) is 11.4. The van der Waals surface area contributed by atoms with Gasteiger partial charge in [-0.15, -0.1) is 5.11 Å². The molecule has 1 N–H and O–H groups in total. The maximum atomic E-state index is 10.6. The number of benzene rings is 2. The van der Waals surface area contributed by atoms with Crippen molar-refractivity contribution < 1.29 is 14.6 Å². The molecule has 0 spiro atoms. The first kappa shape index (κ1) is 12.8. The summed E-state index contributed by atoms with van der Waals surface area (Å²) in [4.78, 5) is 10.6. The molecule has 0 bridgehead atoms. The van der Waals surface area contributed by atoms with Gasteiger partial charge in [-0.1, -0.05) is 0 Å². The number of hydrogen-bond donors (Lipinski definition) is 1. The summed E-state index contributed by atoms with van der Waals surface area (Å²) in [5, 5.41) is 17.5. The SMILES string of the molecule is COc1ccc(N=Nc2cc(C=O)ccc2O)cc1. The Hall–Kier alpha value is -2.69. The standard InChI is InChI=1S/C14H12N2O3/c1-19-12-5-3-11(4-6-12)15-16-13-8-10(9-17)2-7-14(13)18/h2-9,18H,1H3. The van der Waals surface area contributed by atoms with E-state index in [2.05, 4.69) is 10.2 Å². The first-order valence-electron chi connectivity index (χ1n) is 5.57. The number of carbonyl (C=O) groups excluding carboxylic acids is 1. The lowest BCUT2D eigenvalue weighted by atomic mass is 10.2. The number of carbonyl (C=O) groups is 1. The van der Waals surface area contributed by atoms with Gasteiger partial charge in [0, 0.05) is 5.56 Å². The van der Waals surface area contributed by atoms with Gasteiger partial charge in [0.25, 0.3) is 0 Å². The quantitative estimate of drug-likeness (QED) is 0.670. The summed E-state index contributed by atoms with van der Waals surface area (Å²) in [6.07, 6.45) is 0.686. The third-order valence-electron chi connectivity index (χ3n) is 2.48. The second kappa shape index (κ2) is 5.77. The average Bonchev–Trinajstić information content (AvgIpc) is 2.47. The second-order valence-corrected chi connectivity index (χ2v) is 3.76. The number of methoxy groups -OCH3 is 1. The molecule has 2 aromatic rings. The molecule has 2 rings (SSSR count). The van der Waals surface area contributed by atoms with E-state index in [4.69, 9.17) is 4.74 Å². The lowest BCUT2D eigenvalue weighted by molar-refractivity contribution is 0.112. The number of rotatable bonds is 4. The van der Waals surface area contributed by atoms with Crippen LogP contribution in [0.3, 0.4) is 0 Å². The Morgan fingerprint density at radius 3 is 2.47 bits per heavy atom. The van der Waals surface area contributed by atoms with E-state index < -0.39 is 0 Å². The van der Waals surface area contributed by atoms with Crippen LogP contribution in [0.5, 0.6) is 11.5 Å². The average molecular weight is 256 g/mol. The fraction of sp³-hybridized carbons (Fsp3) is 0.0714. The Kier molecular flexibility index (Phi) is 3.87. The molecule has 5 heteroatoms. The zero-order chi connectivity index (χ0) is 13.7. The maximum Gasteiger partial charge on any atom is 0.150 e. The summed E-state index contributed by atoms with van der Waals surface area (Å²) < 4.78 is 5.03. The summed E-state index contributed by atoms with van der Waals surface area (Å²) in [5.41, 5.74) is 1.30. The summed E-state index contributed by atoms with van der Waals surface area (Å²) in [7, 11) is 1.58. The summed E-state index contributed by atoms with van der Waals surface area (Å²) >= 11 is 0. The number of nitrogens with zero attached hydrogens (tertiary/aromatic N) is 2. The Labute approximate surface area is 110 Å². The van der Waals surface area contributed by atoms with Crippen molar-refractivity contribution in [2.24, 2.45) is 10.2 Å². The van der Waals surface area contributed by atoms with Crippen molar-refractivity contribution in [2.45, 2.75) is 0 Å². The smallest absolute Gasteiger partial charge is 0.150 e. The predicted octanol–water partition coefficient (Wildman–Crippen LogP) is 3.63. The van der Waals surface area contributed by atoms with Crippen molar-refractivity contribution in [3.63, 3.8) is 0 Å². The van der Waals surface area contributed by atoms with Crippen molar-refractivity contribution in [3.8, 4) is 11.5 Å². The molecule has 0 radical (unpaired) electrons. The van der Waals surface area contributed by atoms with Crippen molar-refractivity contribution in [1.29, 1.82) is 0 Å². The monoisotopic (exact) mass is 256 g/mol. The first-order valence-corrected chi connectivity index (χ1v) is 5.57. The highest BCUT2D eigenvalue weighted by molar-refractivity contribution is 5.77. The van der Waals surface area contributed by atoms with Gasteiger partial charge >= 0.3 is 0 Å². The van der Waals surface area contributed by atoms with Crippen LogP contribution in [-0.4, -0.2) is 18.5 Å². The fourth-order valence-corrected chi connectivity index (χ4v) is 1.45. The van der Waals surface area contributed by atoms with E-state index in [1.54, 1.807) is 31.4 Å². The molecular weight excluding hydrogens is 244 g/mol. The Balaban J connectivity index is 2.23. The van der Waals surface area contributed by atoms with Gasteiger partial charge in [-0.3, -0.25) is 4.79 Å². The molecule has 0 amide bonds. The van der Waals surface area contributed by atoms with Gasteiger partial charge in [0.1, 0.15) is 23.5 Å². The number of phenolic OH excluding ortho intramolecular Hbond substituents is 1. The molecule has 0 aromatic heterocycles. The number of aldehydes is 1. The molecule has 96 valence electrons. The zero-order valence-electron chi connectivity index (χ0n) is 10.3. The van der Waals surface area contributed by atoms with Crippen molar-refractivity contribution in [2.75, 3.05) is 7.11 Å². The largest absolute Gasteiger partial charge is 0.506 e. The van der Waals surface area contributed by atoms with Crippen LogP contribution in [0.15, 0.2) is 52.7 Å². The highest BCUT2D eigenvalue weighted by Gasteiger charge is 2.01. The third kappa shape index (κ3) is 3.16. The van der Waals surface area contributed by atoms with E-state index in [1.807, 2.05) is 0 Å². The normalized spacial score (nSPS) is 10.6. The van der Waals surface area contributed by atoms with Crippen molar-refractivity contribution in [3.05, 3.63) is 48.0 Å². The topological polar surface area (TPSA) is 71.2 Å². The number of aromatic hydroxyl groups is 1. The molecule has 0 unspecified atom stereocenters. The van der Waals surface area contributed by atoms with E-state index in [0.29, 0.717) is 17.5 Å². The van der Waals surface area contributed by atoms with Gasteiger partial charge in [0.05, 0.1) is 12.8 Å². The molecule has 0 saturated carbocycles. The number of azo groups is 1. The van der Waals surface area contributed by atoms with Gasteiger partial charge in [-0.25, -0.2) is 0 Å². The molecule has 19 heavy (non-hydrogen) atoms. The molecule has 0 aliphatic carbocycles. The third-order valence-corrected chi connectivity index (χ3v) is 2.48. The van der Waals surface area contributed by atoms with Crippen LogP contribution in [0.1, 0.15) is 10.4 Å². The maximum absolute atomic E-state index is 10.6. The highest BCUT2D eigenvalue weighted by atomic mass is 16.5. The van der Waals surface area contributed by atoms with Gasteiger partial charge in [0.15, 0.2) is 0 Å². The van der Waals surface area contributed by atoms with Crippen LogP contribution >= 0.6 is 0 Å². The molecule has 5 nitrogen and oxygen atoms in total. The van der Waals surface area contributed by atoms with Crippen molar-refractivity contribution >= 4 is 17.7 Å². The van der Waals surface area contributed by atoms with Crippen LogP contribution in [0.4, 0.5) is 11.4 Å². The van der Waals surface area contributed by atoms with E-state index in [9.17, 15) is 9.90 Å². The molecule has 0 heterocycles. The number of hydrogen-bond acceptors (Lipinski definition) is 5. The van der Waals surface area contributed by atoms with E-state index >= 15 is 0 Å². The van der Waals surface area contributed by atoms with E-state index in [-0.39, 0.29) is 11.4 Å². The van der Waals surface area contributed by atoms with Gasteiger partial charge < -0.3 is 9.84 Å². The zero-order valence-corrected chi connectivity index (χ0v) is 10.3. The molecule has 2 aromatic carbocycles. The fourth-order valence-electron chi connectivity index (χ4n) is 1.45. The molecule has 0 aliphatic heterocycles. The van der Waals surface area contributed by atoms with Crippen LogP contribution < -0.4 is 4.74 Å². The van der Waals surface area contributed by atoms with Gasteiger partial charge in [-0.2, -0.15) is 5.11 Å². The van der Waals surface area contributed by atoms with Crippen LogP contribution in [0, 0.1) is 0 Å². The first-order chi connectivity index (χ1) is 9.22. The Morgan fingerprint density at radius 2 is 1.84 bits per heavy atom. The Bertz CT molecular complexity index is 607. The van der Waals surface area contributed by atoms with Crippen LogP contribution in [0.25, 0.3) is 0 Å². The molecule has 0 atom stereocenters.